The maximum Gasteiger partial charge on any atom is 0.191 e. The number of guanidine groups is 1. The fraction of sp³-hybridized carbons (Fsp3) is 0.571. The van der Waals surface area contributed by atoms with Crippen LogP contribution < -0.4 is 15.5 Å². The molecule has 0 spiro atoms. The van der Waals surface area contributed by atoms with Gasteiger partial charge in [-0.3, -0.25) is 4.99 Å². The molecule has 0 radical (unpaired) electrons. The molecular weight excluding hydrogens is 302 g/mol. The second-order valence-electron chi connectivity index (χ2n) is 5.59. The Morgan fingerprint density at radius 3 is 2.86 bits per heavy atom. The molecule has 0 aromatic carbocycles. The van der Waals surface area contributed by atoms with E-state index in [0.29, 0.717) is 18.9 Å². The van der Waals surface area contributed by atoms with Crippen molar-refractivity contribution in [3.8, 4) is 0 Å². The summed E-state index contributed by atoms with van der Waals surface area (Å²) in [5.74, 6) is 1.93. The third kappa shape index (κ3) is 4.59. The van der Waals surface area contributed by atoms with E-state index < -0.39 is 9.84 Å². The van der Waals surface area contributed by atoms with Gasteiger partial charge < -0.3 is 15.5 Å². The summed E-state index contributed by atoms with van der Waals surface area (Å²) >= 11 is 0. The minimum Gasteiger partial charge on any atom is -0.363 e. The Bertz CT molecular complexity index is 642. The lowest BCUT2D eigenvalue weighted by molar-refractivity contribution is 0.599. The Hall–Kier alpha value is -1.83. The Kier molecular flexibility index (Phi) is 5.23. The largest absolute Gasteiger partial charge is 0.363 e. The van der Waals surface area contributed by atoms with Crippen LogP contribution in [0.15, 0.2) is 23.3 Å². The van der Waals surface area contributed by atoms with Gasteiger partial charge in [-0.05, 0) is 24.1 Å². The molecule has 2 heterocycles. The number of sulfone groups is 1. The molecule has 0 saturated carbocycles. The van der Waals surface area contributed by atoms with Crippen molar-refractivity contribution in [2.24, 2.45) is 4.99 Å². The van der Waals surface area contributed by atoms with Gasteiger partial charge in [-0.25, -0.2) is 13.4 Å². The molecule has 0 aliphatic carbocycles. The highest BCUT2D eigenvalue weighted by molar-refractivity contribution is 7.91. The lowest BCUT2D eigenvalue weighted by Crippen LogP contribution is -2.43. The molecule has 1 aliphatic heterocycles. The molecule has 0 bridgehead atoms. The molecule has 1 fully saturated rings. The SMILES string of the molecule is CN=C(NCc1ccnc(N(C)C)c1)NC1CCS(=O)(=O)C1. The summed E-state index contributed by atoms with van der Waals surface area (Å²) < 4.78 is 23.0. The summed E-state index contributed by atoms with van der Waals surface area (Å²) in [6.07, 6.45) is 2.40. The van der Waals surface area contributed by atoms with Crippen LogP contribution in [0.1, 0.15) is 12.0 Å². The van der Waals surface area contributed by atoms with Crippen LogP contribution in [0.2, 0.25) is 0 Å². The summed E-state index contributed by atoms with van der Waals surface area (Å²) in [6.45, 7) is 0.600. The van der Waals surface area contributed by atoms with E-state index in [1.807, 2.05) is 31.1 Å². The summed E-state index contributed by atoms with van der Waals surface area (Å²) in [5.41, 5.74) is 1.08. The normalized spacial score (nSPS) is 20.7. The van der Waals surface area contributed by atoms with Crippen LogP contribution in [0.5, 0.6) is 0 Å². The predicted octanol–water partition coefficient (Wildman–Crippen LogP) is -0.000300. The molecule has 1 aliphatic rings. The molecule has 7 nitrogen and oxygen atoms in total. The average Bonchev–Trinajstić information content (AvgIpc) is 2.82. The molecule has 1 saturated heterocycles. The lowest BCUT2D eigenvalue weighted by Gasteiger charge is -2.17. The maximum atomic E-state index is 11.5. The average molecular weight is 325 g/mol. The van der Waals surface area contributed by atoms with E-state index in [2.05, 4.69) is 20.6 Å². The number of pyridine rings is 1. The van der Waals surface area contributed by atoms with Gasteiger partial charge in [-0.15, -0.1) is 0 Å². The fourth-order valence-corrected chi connectivity index (χ4v) is 3.97. The van der Waals surface area contributed by atoms with Gasteiger partial charge in [0.15, 0.2) is 15.8 Å². The summed E-state index contributed by atoms with van der Waals surface area (Å²) in [4.78, 5) is 10.4. The number of aliphatic imine (C=N–C) groups is 1. The van der Waals surface area contributed by atoms with Crippen molar-refractivity contribution in [1.29, 1.82) is 0 Å². The molecule has 22 heavy (non-hydrogen) atoms. The first-order valence-electron chi connectivity index (χ1n) is 7.19. The van der Waals surface area contributed by atoms with Crippen molar-refractivity contribution in [2.75, 3.05) is 37.5 Å². The van der Waals surface area contributed by atoms with Gasteiger partial charge >= 0.3 is 0 Å². The van der Waals surface area contributed by atoms with Gasteiger partial charge in [0.25, 0.3) is 0 Å². The van der Waals surface area contributed by atoms with Crippen LogP contribution in [-0.2, 0) is 16.4 Å². The van der Waals surface area contributed by atoms with Crippen LogP contribution in [0.3, 0.4) is 0 Å². The van der Waals surface area contributed by atoms with Crippen molar-refractivity contribution in [2.45, 2.75) is 19.0 Å². The third-order valence-electron chi connectivity index (χ3n) is 3.52. The van der Waals surface area contributed by atoms with Crippen LogP contribution in [0, 0.1) is 0 Å². The van der Waals surface area contributed by atoms with Gasteiger partial charge in [0.1, 0.15) is 5.82 Å². The van der Waals surface area contributed by atoms with Crippen molar-refractivity contribution < 1.29 is 8.42 Å². The highest BCUT2D eigenvalue weighted by Gasteiger charge is 2.28. The van der Waals surface area contributed by atoms with E-state index in [4.69, 9.17) is 0 Å². The van der Waals surface area contributed by atoms with E-state index >= 15 is 0 Å². The van der Waals surface area contributed by atoms with E-state index in [1.165, 1.54) is 0 Å². The Labute approximate surface area is 131 Å². The zero-order valence-corrected chi connectivity index (χ0v) is 14.0. The molecule has 1 aromatic rings. The summed E-state index contributed by atoms with van der Waals surface area (Å²) in [5, 5.41) is 6.37. The number of rotatable bonds is 4. The highest BCUT2D eigenvalue weighted by Crippen LogP contribution is 2.11. The standard InChI is InChI=1S/C14H23N5O2S/c1-15-14(18-12-5-7-22(20,21)10-12)17-9-11-4-6-16-13(8-11)19(2)3/h4,6,8,12H,5,7,9-10H2,1-3H3,(H2,15,17,18). The number of hydrogen-bond donors (Lipinski definition) is 2. The Morgan fingerprint density at radius 1 is 1.50 bits per heavy atom. The first kappa shape index (κ1) is 16.5. The minimum absolute atomic E-state index is 0.0639. The summed E-state index contributed by atoms with van der Waals surface area (Å²) in [6, 6.07) is 3.87. The minimum atomic E-state index is -2.89. The molecular formula is C14H23N5O2S. The number of anilines is 1. The molecule has 0 amide bonds. The Morgan fingerprint density at radius 2 is 2.27 bits per heavy atom. The summed E-state index contributed by atoms with van der Waals surface area (Å²) in [7, 11) is 2.68. The second kappa shape index (κ2) is 6.95. The van der Waals surface area contributed by atoms with Crippen LogP contribution in [0.25, 0.3) is 0 Å². The quantitative estimate of drug-likeness (QED) is 0.599. The molecule has 1 atom stereocenters. The molecule has 1 unspecified atom stereocenters. The van der Waals surface area contributed by atoms with Crippen molar-refractivity contribution in [3.05, 3.63) is 23.9 Å². The zero-order valence-electron chi connectivity index (χ0n) is 13.2. The number of hydrogen-bond acceptors (Lipinski definition) is 5. The number of aromatic nitrogens is 1. The van der Waals surface area contributed by atoms with Crippen LogP contribution >= 0.6 is 0 Å². The van der Waals surface area contributed by atoms with E-state index in [9.17, 15) is 8.42 Å². The highest BCUT2D eigenvalue weighted by atomic mass is 32.2. The molecule has 2 rings (SSSR count). The third-order valence-corrected chi connectivity index (χ3v) is 5.29. The number of nitrogens with zero attached hydrogens (tertiary/aromatic N) is 3. The monoisotopic (exact) mass is 325 g/mol. The van der Waals surface area contributed by atoms with Gasteiger partial charge in [0.05, 0.1) is 11.5 Å². The molecule has 1 aromatic heterocycles. The maximum absolute atomic E-state index is 11.5. The molecule has 8 heteroatoms. The lowest BCUT2D eigenvalue weighted by atomic mass is 10.2. The second-order valence-corrected chi connectivity index (χ2v) is 7.82. The first-order chi connectivity index (χ1) is 10.4. The van der Waals surface area contributed by atoms with E-state index in [1.54, 1.807) is 13.2 Å². The van der Waals surface area contributed by atoms with Crippen molar-refractivity contribution >= 4 is 21.6 Å². The van der Waals surface area contributed by atoms with E-state index in [-0.39, 0.29) is 17.5 Å². The van der Waals surface area contributed by atoms with Gasteiger partial charge in [0.2, 0.25) is 0 Å². The predicted molar refractivity (Wildman–Crippen MR) is 89.0 cm³/mol. The van der Waals surface area contributed by atoms with Crippen molar-refractivity contribution in [1.82, 2.24) is 15.6 Å². The Balaban J connectivity index is 1.90. The topological polar surface area (TPSA) is 86.7 Å². The molecule has 2 N–H and O–H groups in total. The molecule has 122 valence electrons. The van der Waals surface area contributed by atoms with Gasteiger partial charge in [-0.2, -0.15) is 0 Å². The number of nitrogens with one attached hydrogen (secondary N) is 2. The van der Waals surface area contributed by atoms with E-state index in [0.717, 1.165) is 11.4 Å². The van der Waals surface area contributed by atoms with Gasteiger partial charge in [0, 0.05) is 39.9 Å². The smallest absolute Gasteiger partial charge is 0.191 e. The fourth-order valence-electron chi connectivity index (χ4n) is 2.30. The van der Waals surface area contributed by atoms with Crippen LogP contribution in [0.4, 0.5) is 5.82 Å². The van der Waals surface area contributed by atoms with Crippen LogP contribution in [-0.4, -0.2) is 58.1 Å². The first-order valence-corrected chi connectivity index (χ1v) is 9.01. The zero-order chi connectivity index (χ0) is 16.2. The van der Waals surface area contributed by atoms with Gasteiger partial charge in [-0.1, -0.05) is 0 Å². The van der Waals surface area contributed by atoms with Crippen molar-refractivity contribution in [3.63, 3.8) is 0 Å².